The summed E-state index contributed by atoms with van der Waals surface area (Å²) in [5.41, 5.74) is 0.123. The van der Waals surface area contributed by atoms with Gasteiger partial charge >= 0.3 is 11.4 Å². The van der Waals surface area contributed by atoms with Crippen LogP contribution >= 0.6 is 0 Å². The molecule has 3 aromatic carbocycles. The number of ether oxygens (including phenoxy) is 2. The van der Waals surface area contributed by atoms with Crippen LogP contribution < -0.4 is 9.47 Å². The van der Waals surface area contributed by atoms with E-state index in [0.717, 1.165) is 12.1 Å². The van der Waals surface area contributed by atoms with Gasteiger partial charge < -0.3 is 9.47 Å². The average Bonchev–Trinajstić information content (AvgIpc) is 2.73. The van der Waals surface area contributed by atoms with Gasteiger partial charge in [0.1, 0.15) is 11.5 Å². The van der Waals surface area contributed by atoms with Gasteiger partial charge in [0.15, 0.2) is 0 Å². The van der Waals surface area contributed by atoms with E-state index in [1.807, 2.05) is 12.1 Å². The molecule has 0 saturated carbocycles. The summed E-state index contributed by atoms with van der Waals surface area (Å²) in [4.78, 5) is 21.3. The number of hydrogen-bond donors (Lipinski definition) is 0. The fourth-order valence-corrected chi connectivity index (χ4v) is 2.72. The van der Waals surface area contributed by atoms with Crippen LogP contribution in [-0.4, -0.2) is 9.85 Å². The standard InChI is InChI=1S/C21H12N4O6/c1-13-6-16(30-20-4-2-14(11-22)8-18(20)24(26)27)10-17(7-13)31-21-5-3-15(12-23)9-19(21)25(28)29/h2-10H,1H3. The Bertz CT molecular complexity index is 1190. The van der Waals surface area contributed by atoms with E-state index in [1.165, 1.54) is 30.3 Å². The summed E-state index contributed by atoms with van der Waals surface area (Å²) in [6.07, 6.45) is 0. The highest BCUT2D eigenvalue weighted by molar-refractivity contribution is 5.55. The molecular formula is C21H12N4O6. The minimum absolute atomic E-state index is 0.0788. The average molecular weight is 416 g/mol. The van der Waals surface area contributed by atoms with Gasteiger partial charge in [0.2, 0.25) is 11.5 Å². The highest BCUT2D eigenvalue weighted by Gasteiger charge is 2.19. The molecule has 0 amide bonds. The van der Waals surface area contributed by atoms with Crippen LogP contribution in [0.15, 0.2) is 54.6 Å². The molecule has 152 valence electrons. The number of nitro benzene ring substituents is 2. The number of hydrogen-bond acceptors (Lipinski definition) is 8. The number of nitro groups is 2. The van der Waals surface area contributed by atoms with Crippen LogP contribution in [0.4, 0.5) is 11.4 Å². The summed E-state index contributed by atoms with van der Waals surface area (Å²) in [7, 11) is 0. The lowest BCUT2D eigenvalue weighted by molar-refractivity contribution is -0.385. The van der Waals surface area contributed by atoms with E-state index in [0.29, 0.717) is 5.56 Å². The lowest BCUT2D eigenvalue weighted by Gasteiger charge is -2.11. The number of nitrogens with zero attached hydrogens (tertiary/aromatic N) is 4. The molecule has 0 bridgehead atoms. The van der Waals surface area contributed by atoms with Gasteiger partial charge in [0.05, 0.1) is 33.1 Å². The second-order valence-electron chi connectivity index (χ2n) is 6.29. The Labute approximate surface area is 175 Å². The number of rotatable bonds is 6. The van der Waals surface area contributed by atoms with Crippen molar-refractivity contribution in [2.75, 3.05) is 0 Å². The monoisotopic (exact) mass is 416 g/mol. The SMILES string of the molecule is Cc1cc(Oc2ccc(C#N)cc2[N+](=O)[O-])cc(Oc2ccc(C#N)cc2[N+](=O)[O-])c1. The minimum atomic E-state index is -0.663. The van der Waals surface area contributed by atoms with E-state index in [2.05, 4.69) is 0 Å². The molecule has 0 N–H and O–H groups in total. The number of aryl methyl sites for hydroxylation is 1. The first kappa shape index (κ1) is 20.8. The fraction of sp³-hybridized carbons (Fsp3) is 0.0476. The second-order valence-corrected chi connectivity index (χ2v) is 6.29. The maximum atomic E-state index is 11.3. The topological polar surface area (TPSA) is 152 Å². The molecule has 10 nitrogen and oxygen atoms in total. The Balaban J connectivity index is 1.96. The maximum absolute atomic E-state index is 11.3. The molecule has 0 spiro atoms. The summed E-state index contributed by atoms with van der Waals surface area (Å²) in [5, 5.41) is 40.5. The zero-order chi connectivity index (χ0) is 22.5. The van der Waals surface area contributed by atoms with Crippen molar-refractivity contribution >= 4 is 11.4 Å². The predicted molar refractivity (Wildman–Crippen MR) is 107 cm³/mol. The molecule has 3 rings (SSSR count). The van der Waals surface area contributed by atoms with Crippen LogP contribution in [0.5, 0.6) is 23.0 Å². The van der Waals surface area contributed by atoms with E-state index >= 15 is 0 Å². The lowest BCUT2D eigenvalue weighted by atomic mass is 10.2. The van der Waals surface area contributed by atoms with Gasteiger partial charge in [-0.1, -0.05) is 0 Å². The van der Waals surface area contributed by atoms with Gasteiger partial charge in [0.25, 0.3) is 0 Å². The first-order chi connectivity index (χ1) is 14.8. The molecule has 3 aromatic rings. The van der Waals surface area contributed by atoms with Crippen molar-refractivity contribution in [3.8, 4) is 35.1 Å². The fourth-order valence-electron chi connectivity index (χ4n) is 2.72. The Morgan fingerprint density at radius 2 is 1.16 bits per heavy atom. The van der Waals surface area contributed by atoms with E-state index in [-0.39, 0.29) is 45.5 Å². The molecule has 0 aliphatic carbocycles. The van der Waals surface area contributed by atoms with E-state index in [1.54, 1.807) is 19.1 Å². The third-order valence-electron chi connectivity index (χ3n) is 4.05. The molecule has 0 fully saturated rings. The Morgan fingerprint density at radius 3 is 1.52 bits per heavy atom. The quantitative estimate of drug-likeness (QED) is 0.395. The maximum Gasteiger partial charge on any atom is 0.312 e. The molecule has 0 aliphatic heterocycles. The van der Waals surface area contributed by atoms with Crippen molar-refractivity contribution in [1.29, 1.82) is 10.5 Å². The van der Waals surface area contributed by atoms with Gasteiger partial charge in [0, 0.05) is 18.2 Å². The van der Waals surface area contributed by atoms with Crippen LogP contribution in [0.3, 0.4) is 0 Å². The second kappa shape index (κ2) is 8.59. The molecule has 0 unspecified atom stereocenters. The summed E-state index contributed by atoms with van der Waals surface area (Å²) in [5.74, 6) is 0.230. The third-order valence-corrected chi connectivity index (χ3v) is 4.05. The molecule has 31 heavy (non-hydrogen) atoms. The van der Waals surface area contributed by atoms with Crippen LogP contribution in [0, 0.1) is 49.8 Å². The highest BCUT2D eigenvalue weighted by atomic mass is 16.6. The summed E-state index contributed by atoms with van der Waals surface area (Å²) < 4.78 is 11.3. The van der Waals surface area contributed by atoms with Gasteiger partial charge in [-0.3, -0.25) is 20.2 Å². The Morgan fingerprint density at radius 1 is 0.742 bits per heavy atom. The molecule has 0 heterocycles. The van der Waals surface area contributed by atoms with Crippen molar-refractivity contribution in [3.05, 3.63) is 91.5 Å². The summed E-state index contributed by atoms with van der Waals surface area (Å²) in [6, 6.07) is 15.9. The lowest BCUT2D eigenvalue weighted by Crippen LogP contribution is -1.96. The van der Waals surface area contributed by atoms with Crippen molar-refractivity contribution in [2.45, 2.75) is 6.92 Å². The van der Waals surface area contributed by atoms with Crippen LogP contribution in [0.2, 0.25) is 0 Å². The van der Waals surface area contributed by atoms with Gasteiger partial charge in [-0.2, -0.15) is 10.5 Å². The van der Waals surface area contributed by atoms with Crippen LogP contribution in [-0.2, 0) is 0 Å². The van der Waals surface area contributed by atoms with Crippen molar-refractivity contribution in [2.24, 2.45) is 0 Å². The molecule has 0 aliphatic rings. The van der Waals surface area contributed by atoms with E-state index < -0.39 is 9.85 Å². The minimum Gasteiger partial charge on any atom is -0.450 e. The molecule has 0 saturated heterocycles. The Kier molecular flexibility index (Phi) is 5.76. The van der Waals surface area contributed by atoms with Crippen molar-refractivity contribution in [1.82, 2.24) is 0 Å². The third kappa shape index (κ3) is 4.72. The zero-order valence-electron chi connectivity index (χ0n) is 15.9. The van der Waals surface area contributed by atoms with Crippen molar-refractivity contribution in [3.63, 3.8) is 0 Å². The van der Waals surface area contributed by atoms with Crippen LogP contribution in [0.1, 0.15) is 16.7 Å². The first-order valence-electron chi connectivity index (χ1n) is 8.65. The molecule has 0 radical (unpaired) electrons. The van der Waals surface area contributed by atoms with Gasteiger partial charge in [-0.05, 0) is 48.9 Å². The highest BCUT2D eigenvalue weighted by Crippen LogP contribution is 2.37. The molecular weight excluding hydrogens is 404 g/mol. The predicted octanol–water partition coefficient (Wildman–Crippen LogP) is 5.14. The summed E-state index contributed by atoms with van der Waals surface area (Å²) in [6.45, 7) is 1.72. The first-order valence-corrected chi connectivity index (χ1v) is 8.65. The van der Waals surface area contributed by atoms with Gasteiger partial charge in [-0.15, -0.1) is 0 Å². The van der Waals surface area contributed by atoms with Gasteiger partial charge in [-0.25, -0.2) is 0 Å². The number of nitriles is 2. The largest absolute Gasteiger partial charge is 0.450 e. The zero-order valence-corrected chi connectivity index (χ0v) is 15.9. The smallest absolute Gasteiger partial charge is 0.312 e. The van der Waals surface area contributed by atoms with E-state index in [9.17, 15) is 20.2 Å². The molecule has 0 atom stereocenters. The normalized spacial score (nSPS) is 9.90. The van der Waals surface area contributed by atoms with Crippen molar-refractivity contribution < 1.29 is 19.3 Å². The van der Waals surface area contributed by atoms with Crippen LogP contribution in [0.25, 0.3) is 0 Å². The summed E-state index contributed by atoms with van der Waals surface area (Å²) >= 11 is 0. The molecule has 10 heteroatoms. The van der Waals surface area contributed by atoms with E-state index in [4.69, 9.17) is 20.0 Å². The number of benzene rings is 3. The Hall–Kier alpha value is -4.96. The molecule has 0 aromatic heterocycles.